The minimum atomic E-state index is -0.422. The second-order valence-electron chi connectivity index (χ2n) is 3.25. The van der Waals surface area contributed by atoms with Crippen LogP contribution in [-0.2, 0) is 9.47 Å². The van der Waals surface area contributed by atoms with Crippen molar-refractivity contribution in [2.75, 3.05) is 19.9 Å². The van der Waals surface area contributed by atoms with Gasteiger partial charge in [0.25, 0.3) is 0 Å². The van der Waals surface area contributed by atoms with Crippen molar-refractivity contribution in [2.24, 2.45) is 0 Å². The summed E-state index contributed by atoms with van der Waals surface area (Å²) in [7, 11) is 0. The number of alkyl halides is 1. The zero-order valence-corrected chi connectivity index (χ0v) is 7.75. The number of rotatable bonds is 6. The molecule has 78 valence electrons. The van der Waals surface area contributed by atoms with Crippen LogP contribution in [-0.4, -0.2) is 37.4 Å². The molecule has 13 heavy (non-hydrogen) atoms. The third-order valence-corrected chi connectivity index (χ3v) is 2.08. The number of halogens is 1. The van der Waals surface area contributed by atoms with E-state index in [1.54, 1.807) is 0 Å². The molecule has 1 unspecified atom stereocenters. The maximum Gasteiger partial charge on any atom is 0.160 e. The SMILES string of the molecule is OC(CCCCF)CC1OCCO1. The van der Waals surface area contributed by atoms with Crippen LogP contribution in [0.3, 0.4) is 0 Å². The summed E-state index contributed by atoms with van der Waals surface area (Å²) >= 11 is 0. The lowest BCUT2D eigenvalue weighted by Gasteiger charge is -2.13. The summed E-state index contributed by atoms with van der Waals surface area (Å²) in [5.74, 6) is 0. The van der Waals surface area contributed by atoms with E-state index in [9.17, 15) is 9.50 Å². The van der Waals surface area contributed by atoms with Gasteiger partial charge in [0.05, 0.1) is 26.0 Å². The van der Waals surface area contributed by atoms with Crippen LogP contribution in [0.25, 0.3) is 0 Å². The number of hydrogen-bond acceptors (Lipinski definition) is 3. The Hall–Kier alpha value is -0.190. The highest BCUT2D eigenvalue weighted by Crippen LogP contribution is 2.13. The van der Waals surface area contributed by atoms with Gasteiger partial charge in [0, 0.05) is 6.42 Å². The molecule has 0 saturated carbocycles. The van der Waals surface area contributed by atoms with Crippen molar-refractivity contribution in [1.82, 2.24) is 0 Å². The molecule has 1 saturated heterocycles. The van der Waals surface area contributed by atoms with Crippen LogP contribution in [0.2, 0.25) is 0 Å². The summed E-state index contributed by atoms with van der Waals surface area (Å²) in [6.07, 6.45) is 1.72. The lowest BCUT2D eigenvalue weighted by Crippen LogP contribution is -2.18. The van der Waals surface area contributed by atoms with Crippen molar-refractivity contribution in [3.63, 3.8) is 0 Å². The Bertz CT molecular complexity index is 126. The summed E-state index contributed by atoms with van der Waals surface area (Å²) in [6, 6.07) is 0. The molecule has 3 nitrogen and oxygen atoms in total. The van der Waals surface area contributed by atoms with E-state index in [4.69, 9.17) is 9.47 Å². The molecule has 0 aromatic heterocycles. The molecular formula is C9H17FO3. The van der Waals surface area contributed by atoms with Gasteiger partial charge >= 0.3 is 0 Å². The Morgan fingerprint density at radius 2 is 2.00 bits per heavy atom. The first-order chi connectivity index (χ1) is 6.33. The highest BCUT2D eigenvalue weighted by Gasteiger charge is 2.19. The van der Waals surface area contributed by atoms with Crippen LogP contribution in [0.4, 0.5) is 4.39 Å². The molecule has 1 atom stereocenters. The van der Waals surface area contributed by atoms with E-state index in [2.05, 4.69) is 0 Å². The maximum absolute atomic E-state index is 11.7. The minimum Gasteiger partial charge on any atom is -0.393 e. The number of aliphatic hydroxyl groups is 1. The third-order valence-electron chi connectivity index (χ3n) is 2.08. The van der Waals surface area contributed by atoms with Crippen LogP contribution in [0.1, 0.15) is 25.7 Å². The molecule has 0 aliphatic carbocycles. The fraction of sp³-hybridized carbons (Fsp3) is 1.00. The smallest absolute Gasteiger partial charge is 0.160 e. The molecule has 1 N–H and O–H groups in total. The molecule has 0 aromatic rings. The van der Waals surface area contributed by atoms with E-state index in [0.29, 0.717) is 32.5 Å². The van der Waals surface area contributed by atoms with E-state index in [0.717, 1.165) is 6.42 Å². The molecule has 1 heterocycles. The second-order valence-corrected chi connectivity index (χ2v) is 3.25. The zero-order valence-electron chi connectivity index (χ0n) is 7.75. The van der Waals surface area contributed by atoms with Gasteiger partial charge in [-0.05, 0) is 19.3 Å². The molecule has 0 spiro atoms. The average molecular weight is 192 g/mol. The number of ether oxygens (including phenoxy) is 2. The predicted molar refractivity (Wildman–Crippen MR) is 46.1 cm³/mol. The third kappa shape index (κ3) is 4.55. The molecule has 1 aliphatic rings. The predicted octanol–water partition coefficient (Wildman–Crippen LogP) is 1.25. The van der Waals surface area contributed by atoms with Gasteiger partial charge in [-0.2, -0.15) is 0 Å². The fourth-order valence-electron chi connectivity index (χ4n) is 1.36. The van der Waals surface area contributed by atoms with Gasteiger partial charge in [0.15, 0.2) is 6.29 Å². The maximum atomic E-state index is 11.7. The molecule has 0 aromatic carbocycles. The Kier molecular flexibility index (Phi) is 5.27. The van der Waals surface area contributed by atoms with Crippen molar-refractivity contribution in [3.8, 4) is 0 Å². The molecule has 0 bridgehead atoms. The molecule has 0 amide bonds. The van der Waals surface area contributed by atoms with Crippen molar-refractivity contribution < 1.29 is 19.0 Å². The van der Waals surface area contributed by atoms with E-state index in [1.807, 2.05) is 0 Å². The normalized spacial score (nSPS) is 20.8. The van der Waals surface area contributed by atoms with E-state index < -0.39 is 6.10 Å². The number of hydrogen-bond donors (Lipinski definition) is 1. The molecular weight excluding hydrogens is 175 g/mol. The second kappa shape index (κ2) is 6.29. The lowest BCUT2D eigenvalue weighted by atomic mass is 10.1. The molecule has 1 aliphatic heterocycles. The number of aliphatic hydroxyl groups excluding tert-OH is 1. The van der Waals surface area contributed by atoms with Crippen LogP contribution in [0.15, 0.2) is 0 Å². The first-order valence-corrected chi connectivity index (χ1v) is 4.80. The summed E-state index contributed by atoms with van der Waals surface area (Å²) in [5.41, 5.74) is 0. The van der Waals surface area contributed by atoms with Crippen LogP contribution in [0.5, 0.6) is 0 Å². The van der Waals surface area contributed by atoms with Crippen molar-refractivity contribution >= 4 is 0 Å². The summed E-state index contributed by atoms with van der Waals surface area (Å²) in [4.78, 5) is 0. The van der Waals surface area contributed by atoms with Gasteiger partial charge in [-0.25, -0.2) is 0 Å². The van der Waals surface area contributed by atoms with Gasteiger partial charge in [0.2, 0.25) is 0 Å². The summed E-state index contributed by atoms with van der Waals surface area (Å²) in [6.45, 7) is 0.923. The van der Waals surface area contributed by atoms with Gasteiger partial charge < -0.3 is 14.6 Å². The standard InChI is InChI=1S/C9H17FO3/c10-4-2-1-3-8(11)7-9-12-5-6-13-9/h8-9,11H,1-7H2. The van der Waals surface area contributed by atoms with E-state index in [1.165, 1.54) is 0 Å². The van der Waals surface area contributed by atoms with Gasteiger partial charge in [-0.1, -0.05) is 0 Å². The lowest BCUT2D eigenvalue weighted by molar-refractivity contribution is -0.0713. The fourth-order valence-corrected chi connectivity index (χ4v) is 1.36. The Labute approximate surface area is 77.8 Å². The topological polar surface area (TPSA) is 38.7 Å². The Balaban J connectivity index is 1.99. The molecule has 1 fully saturated rings. The zero-order chi connectivity index (χ0) is 9.52. The minimum absolute atomic E-state index is 0.250. The van der Waals surface area contributed by atoms with Crippen LogP contribution in [0, 0.1) is 0 Å². The molecule has 0 radical (unpaired) electrons. The average Bonchev–Trinajstić information content (AvgIpc) is 2.57. The Morgan fingerprint density at radius 3 is 2.62 bits per heavy atom. The largest absolute Gasteiger partial charge is 0.393 e. The first-order valence-electron chi connectivity index (χ1n) is 4.80. The summed E-state index contributed by atoms with van der Waals surface area (Å²) in [5, 5.41) is 9.45. The highest BCUT2D eigenvalue weighted by molar-refractivity contribution is 4.61. The van der Waals surface area contributed by atoms with E-state index >= 15 is 0 Å². The van der Waals surface area contributed by atoms with Crippen LogP contribution >= 0.6 is 0 Å². The van der Waals surface area contributed by atoms with Gasteiger partial charge in [-0.15, -0.1) is 0 Å². The highest BCUT2D eigenvalue weighted by atomic mass is 19.1. The van der Waals surface area contributed by atoms with E-state index in [-0.39, 0.29) is 13.0 Å². The molecule has 1 rings (SSSR count). The van der Waals surface area contributed by atoms with Crippen LogP contribution < -0.4 is 0 Å². The summed E-state index contributed by atoms with van der Waals surface area (Å²) < 4.78 is 22.1. The monoisotopic (exact) mass is 192 g/mol. The van der Waals surface area contributed by atoms with Gasteiger partial charge in [-0.3, -0.25) is 4.39 Å². The Morgan fingerprint density at radius 1 is 1.31 bits per heavy atom. The van der Waals surface area contributed by atoms with Crippen molar-refractivity contribution in [1.29, 1.82) is 0 Å². The van der Waals surface area contributed by atoms with Crippen molar-refractivity contribution in [2.45, 2.75) is 38.1 Å². The van der Waals surface area contributed by atoms with Crippen molar-refractivity contribution in [3.05, 3.63) is 0 Å². The number of unbranched alkanes of at least 4 members (excludes halogenated alkanes) is 1. The molecule has 4 heteroatoms. The van der Waals surface area contributed by atoms with Gasteiger partial charge in [0.1, 0.15) is 0 Å². The quantitative estimate of drug-likeness (QED) is 0.644. The first kappa shape index (κ1) is 10.9.